The zero-order valence-corrected chi connectivity index (χ0v) is 10.1. The van der Waals surface area contributed by atoms with E-state index in [2.05, 4.69) is 11.4 Å². The summed E-state index contributed by atoms with van der Waals surface area (Å²) in [6.45, 7) is 0.332. The van der Waals surface area contributed by atoms with E-state index >= 15 is 0 Å². The van der Waals surface area contributed by atoms with E-state index in [1.54, 1.807) is 0 Å². The first-order chi connectivity index (χ1) is 8.79. The number of hydrogen-bond donors (Lipinski definition) is 1. The fourth-order valence-corrected chi connectivity index (χ4v) is 1.71. The van der Waals surface area contributed by atoms with Crippen molar-refractivity contribution in [1.82, 2.24) is 5.32 Å². The van der Waals surface area contributed by atoms with Gasteiger partial charge in [0, 0.05) is 0 Å². The second-order valence-electron chi connectivity index (χ2n) is 4.42. The Morgan fingerprint density at radius 1 is 1.44 bits per heavy atom. The van der Waals surface area contributed by atoms with Gasteiger partial charge in [0.2, 0.25) is 5.91 Å². The standard InChI is InChI=1S/C14H16N2O2/c15-10-13(11-6-7-11)16-14(17)8-9-18-12-4-2-1-3-5-12/h1-5,11,13H,6-9H2,(H,16,17). The lowest BCUT2D eigenvalue weighted by molar-refractivity contribution is -0.122. The smallest absolute Gasteiger partial charge is 0.224 e. The molecule has 0 aliphatic heterocycles. The molecule has 1 aliphatic carbocycles. The van der Waals surface area contributed by atoms with Crippen molar-refractivity contribution in [3.8, 4) is 11.8 Å². The number of benzene rings is 1. The second kappa shape index (κ2) is 6.06. The Hall–Kier alpha value is -2.02. The minimum atomic E-state index is -0.325. The van der Waals surface area contributed by atoms with Crippen LogP contribution in [-0.2, 0) is 4.79 Å². The minimum Gasteiger partial charge on any atom is -0.493 e. The van der Waals surface area contributed by atoms with Crippen LogP contribution in [0, 0.1) is 17.2 Å². The Bertz CT molecular complexity index is 435. The molecule has 1 saturated carbocycles. The van der Waals surface area contributed by atoms with Gasteiger partial charge in [0.15, 0.2) is 0 Å². The summed E-state index contributed by atoms with van der Waals surface area (Å²) in [5, 5.41) is 11.6. The lowest BCUT2D eigenvalue weighted by Crippen LogP contribution is -2.35. The summed E-state index contributed by atoms with van der Waals surface area (Å²) in [6, 6.07) is 11.2. The number of hydrogen-bond acceptors (Lipinski definition) is 3. The molecule has 0 bridgehead atoms. The van der Waals surface area contributed by atoms with Crippen molar-refractivity contribution in [2.45, 2.75) is 25.3 Å². The highest BCUT2D eigenvalue weighted by atomic mass is 16.5. The number of rotatable bonds is 6. The normalized spacial score (nSPS) is 15.5. The Labute approximate surface area is 107 Å². The summed E-state index contributed by atoms with van der Waals surface area (Å²) < 4.78 is 5.42. The monoisotopic (exact) mass is 244 g/mol. The molecule has 2 rings (SSSR count). The maximum Gasteiger partial charge on any atom is 0.224 e. The molecule has 0 spiro atoms. The van der Waals surface area contributed by atoms with Crippen molar-refractivity contribution in [1.29, 1.82) is 5.26 Å². The molecule has 94 valence electrons. The number of nitriles is 1. The number of carbonyl (C=O) groups excluding carboxylic acids is 1. The highest BCUT2D eigenvalue weighted by molar-refractivity contribution is 5.76. The number of para-hydroxylation sites is 1. The van der Waals surface area contributed by atoms with Crippen LogP contribution in [0.2, 0.25) is 0 Å². The summed E-state index contributed by atoms with van der Waals surface area (Å²) in [4.78, 5) is 11.6. The third-order valence-electron chi connectivity index (χ3n) is 2.89. The molecule has 1 aliphatic rings. The van der Waals surface area contributed by atoms with Gasteiger partial charge in [-0.1, -0.05) is 18.2 Å². The SMILES string of the molecule is N#CC(NC(=O)CCOc1ccccc1)C1CC1. The molecule has 1 unspecified atom stereocenters. The van der Waals surface area contributed by atoms with Gasteiger partial charge in [-0.3, -0.25) is 4.79 Å². The second-order valence-corrected chi connectivity index (χ2v) is 4.42. The average molecular weight is 244 g/mol. The fourth-order valence-electron chi connectivity index (χ4n) is 1.71. The summed E-state index contributed by atoms with van der Waals surface area (Å²) in [5.41, 5.74) is 0. The molecule has 1 N–H and O–H groups in total. The van der Waals surface area contributed by atoms with Crippen molar-refractivity contribution in [3.05, 3.63) is 30.3 Å². The number of nitrogens with one attached hydrogen (secondary N) is 1. The maximum absolute atomic E-state index is 11.6. The largest absolute Gasteiger partial charge is 0.493 e. The van der Waals surface area contributed by atoms with E-state index in [4.69, 9.17) is 10.00 Å². The van der Waals surface area contributed by atoms with Gasteiger partial charge < -0.3 is 10.1 Å². The molecule has 1 atom stereocenters. The summed E-state index contributed by atoms with van der Waals surface area (Å²) in [5.74, 6) is 0.989. The van der Waals surface area contributed by atoms with E-state index in [0.717, 1.165) is 18.6 Å². The molecule has 1 aromatic carbocycles. The van der Waals surface area contributed by atoms with Gasteiger partial charge in [0.05, 0.1) is 19.1 Å². The van der Waals surface area contributed by atoms with Gasteiger partial charge in [-0.05, 0) is 30.9 Å². The van der Waals surface area contributed by atoms with Gasteiger partial charge in [0.25, 0.3) is 0 Å². The third-order valence-corrected chi connectivity index (χ3v) is 2.89. The number of amides is 1. The van der Waals surface area contributed by atoms with Crippen molar-refractivity contribution in [2.75, 3.05) is 6.61 Å². The molecule has 1 aromatic rings. The van der Waals surface area contributed by atoms with Crippen LogP contribution in [-0.4, -0.2) is 18.6 Å². The van der Waals surface area contributed by atoms with Gasteiger partial charge in [0.1, 0.15) is 11.8 Å². The molecule has 0 radical (unpaired) electrons. The van der Waals surface area contributed by atoms with Gasteiger partial charge in [-0.2, -0.15) is 5.26 Å². The molecular weight excluding hydrogens is 228 g/mol. The molecule has 0 aromatic heterocycles. The van der Waals surface area contributed by atoms with Crippen LogP contribution >= 0.6 is 0 Å². The molecule has 4 heteroatoms. The first kappa shape index (κ1) is 12.4. The lowest BCUT2D eigenvalue weighted by atomic mass is 10.2. The van der Waals surface area contributed by atoms with Crippen molar-refractivity contribution in [3.63, 3.8) is 0 Å². The van der Waals surface area contributed by atoms with Crippen LogP contribution in [0.15, 0.2) is 30.3 Å². The summed E-state index contributed by atoms with van der Waals surface area (Å²) >= 11 is 0. The Morgan fingerprint density at radius 2 is 2.17 bits per heavy atom. The molecular formula is C14H16N2O2. The zero-order chi connectivity index (χ0) is 12.8. The molecule has 1 amide bonds. The van der Waals surface area contributed by atoms with Gasteiger partial charge in [-0.15, -0.1) is 0 Å². The zero-order valence-electron chi connectivity index (χ0n) is 10.1. The predicted molar refractivity (Wildman–Crippen MR) is 66.8 cm³/mol. The van der Waals surface area contributed by atoms with E-state index in [0.29, 0.717) is 12.5 Å². The molecule has 18 heavy (non-hydrogen) atoms. The third kappa shape index (κ3) is 3.77. The quantitative estimate of drug-likeness (QED) is 0.831. The topological polar surface area (TPSA) is 62.1 Å². The molecule has 0 heterocycles. The number of carbonyl (C=O) groups is 1. The van der Waals surface area contributed by atoms with Crippen LogP contribution in [0.4, 0.5) is 0 Å². The van der Waals surface area contributed by atoms with Crippen molar-refractivity contribution < 1.29 is 9.53 Å². The number of ether oxygens (including phenoxy) is 1. The highest BCUT2D eigenvalue weighted by Gasteiger charge is 2.32. The maximum atomic E-state index is 11.6. The van der Waals surface area contributed by atoms with Crippen molar-refractivity contribution >= 4 is 5.91 Å². The van der Waals surface area contributed by atoms with E-state index in [1.165, 1.54) is 0 Å². The van der Waals surface area contributed by atoms with E-state index in [-0.39, 0.29) is 18.4 Å². The van der Waals surface area contributed by atoms with Crippen LogP contribution in [0.3, 0.4) is 0 Å². The Morgan fingerprint density at radius 3 is 2.78 bits per heavy atom. The van der Waals surface area contributed by atoms with Crippen LogP contribution in [0.5, 0.6) is 5.75 Å². The average Bonchev–Trinajstić information content (AvgIpc) is 3.21. The fraction of sp³-hybridized carbons (Fsp3) is 0.429. The van der Waals surface area contributed by atoms with Crippen molar-refractivity contribution in [2.24, 2.45) is 5.92 Å². The van der Waals surface area contributed by atoms with Crippen LogP contribution < -0.4 is 10.1 Å². The molecule has 4 nitrogen and oxygen atoms in total. The van der Waals surface area contributed by atoms with Crippen LogP contribution in [0.25, 0.3) is 0 Å². The van der Waals surface area contributed by atoms with E-state index in [9.17, 15) is 4.79 Å². The highest BCUT2D eigenvalue weighted by Crippen LogP contribution is 2.32. The summed E-state index contributed by atoms with van der Waals surface area (Å²) in [7, 11) is 0. The first-order valence-electron chi connectivity index (χ1n) is 6.16. The van der Waals surface area contributed by atoms with E-state index < -0.39 is 0 Å². The summed E-state index contributed by atoms with van der Waals surface area (Å²) in [6.07, 6.45) is 2.36. The van der Waals surface area contributed by atoms with Gasteiger partial charge in [-0.25, -0.2) is 0 Å². The minimum absolute atomic E-state index is 0.121. The lowest BCUT2D eigenvalue weighted by Gasteiger charge is -2.10. The first-order valence-corrected chi connectivity index (χ1v) is 6.16. The van der Waals surface area contributed by atoms with E-state index in [1.807, 2.05) is 30.3 Å². The van der Waals surface area contributed by atoms with Crippen LogP contribution in [0.1, 0.15) is 19.3 Å². The Kier molecular flexibility index (Phi) is 4.19. The Balaban J connectivity index is 1.67. The number of nitrogens with zero attached hydrogens (tertiary/aromatic N) is 1. The molecule has 1 fully saturated rings. The molecule has 0 saturated heterocycles. The predicted octanol–water partition coefficient (Wildman–Crippen LogP) is 1.87. The van der Waals surface area contributed by atoms with Gasteiger partial charge >= 0.3 is 0 Å².